The fourth-order valence-electron chi connectivity index (χ4n) is 18.3. The molecule has 143 heavy (non-hydrogen) atoms. The molecule has 4 aliphatic heterocycles. The van der Waals surface area contributed by atoms with Crippen LogP contribution in [0.5, 0.6) is 0 Å². The smallest absolute Gasteiger partial charge is 0.190 e. The van der Waals surface area contributed by atoms with Gasteiger partial charge in [-0.05, 0) is 77.9 Å². The maximum Gasteiger partial charge on any atom is 0.190 e. The van der Waals surface area contributed by atoms with Crippen LogP contribution in [-0.4, -0.2) is 149 Å². The molecule has 0 saturated carbocycles. The molecule has 0 amide bonds. The quantitative estimate of drug-likeness (QED) is 0.0349. The highest BCUT2D eigenvalue weighted by molar-refractivity contribution is 5.25. The molecule has 0 aliphatic carbocycles. The minimum Gasteiger partial charge on any atom is -0.374 e. The third kappa shape index (κ3) is 30.2. The molecule has 0 unspecified atom stereocenters. The summed E-state index contributed by atoms with van der Waals surface area (Å²) in [7, 11) is 0. The Morgan fingerprint density at radius 1 is 0.126 bits per heavy atom. The number of benzene rings is 14. The first kappa shape index (κ1) is 101. The van der Waals surface area contributed by atoms with Crippen molar-refractivity contribution in [3.8, 4) is 0 Å². The largest absolute Gasteiger partial charge is 0.374 e. The van der Waals surface area contributed by atoms with E-state index in [1.54, 1.807) is 0 Å². The molecule has 14 aromatic rings. The number of hydrogen-bond donors (Lipinski definition) is 0. The third-order valence-electron chi connectivity index (χ3n) is 25.6. The normalized spacial score (nSPS) is 24.4. The van der Waals surface area contributed by atoms with Crippen molar-refractivity contribution in [3.05, 3.63) is 503 Å². The van der Waals surface area contributed by atoms with Gasteiger partial charge < -0.3 is 99.5 Å². The molecular formula is C122H126O21. The Balaban J connectivity index is 0.776. The fraction of sp³-hybridized carbons (Fsp3) is 0.311. The minimum absolute atomic E-state index is 0.0246. The zero-order chi connectivity index (χ0) is 96.7. The Kier molecular flexibility index (Phi) is 38.8. The summed E-state index contributed by atoms with van der Waals surface area (Å²) in [5.74, 6) is 0. The van der Waals surface area contributed by atoms with Crippen LogP contribution in [0, 0.1) is 0 Å². The highest BCUT2D eigenvalue weighted by Gasteiger charge is 2.59. The molecule has 740 valence electrons. The third-order valence-corrected chi connectivity index (χ3v) is 25.6. The Morgan fingerprint density at radius 3 is 0.420 bits per heavy atom. The highest BCUT2D eigenvalue weighted by Crippen LogP contribution is 2.43. The summed E-state index contributed by atoms with van der Waals surface area (Å²) in [5, 5.41) is 0. The first-order chi connectivity index (χ1) is 70.9. The molecule has 20 atom stereocenters. The fourth-order valence-corrected chi connectivity index (χ4v) is 18.3. The summed E-state index contributed by atoms with van der Waals surface area (Å²) in [5.41, 5.74) is 12.7. The minimum atomic E-state index is -1.46. The molecule has 14 aromatic carbocycles. The van der Waals surface area contributed by atoms with E-state index in [1.807, 2.05) is 425 Å². The van der Waals surface area contributed by atoms with E-state index in [1.165, 1.54) is 0 Å². The lowest BCUT2D eigenvalue weighted by atomic mass is 9.95. The van der Waals surface area contributed by atoms with Gasteiger partial charge in [0.2, 0.25) is 0 Å². The molecule has 21 heteroatoms. The Bertz CT molecular complexity index is 5470. The van der Waals surface area contributed by atoms with Crippen LogP contribution in [0.3, 0.4) is 0 Å². The molecule has 0 aromatic heterocycles. The molecule has 18 rings (SSSR count). The second kappa shape index (κ2) is 54.8. The van der Waals surface area contributed by atoms with Gasteiger partial charge in [0, 0.05) is 0 Å². The lowest BCUT2D eigenvalue weighted by molar-refractivity contribution is -0.415. The average molecular weight is 1930 g/mol. The highest BCUT2D eigenvalue weighted by atomic mass is 16.8. The Morgan fingerprint density at radius 2 is 0.252 bits per heavy atom. The topological polar surface area (TPSA) is 194 Å². The van der Waals surface area contributed by atoms with Crippen LogP contribution in [0.15, 0.2) is 425 Å². The molecule has 4 heterocycles. The van der Waals surface area contributed by atoms with Gasteiger partial charge in [-0.15, -0.1) is 0 Å². The van der Waals surface area contributed by atoms with E-state index in [2.05, 4.69) is 0 Å². The van der Waals surface area contributed by atoms with Crippen molar-refractivity contribution >= 4 is 0 Å². The van der Waals surface area contributed by atoms with Crippen LogP contribution in [0.25, 0.3) is 0 Å². The summed E-state index contributed by atoms with van der Waals surface area (Å²) in [6.45, 7) is 1.78. The van der Waals surface area contributed by atoms with Crippen molar-refractivity contribution in [2.75, 3.05) is 26.4 Å². The van der Waals surface area contributed by atoms with Crippen molar-refractivity contribution in [2.45, 2.75) is 215 Å². The van der Waals surface area contributed by atoms with Crippen LogP contribution in [0.2, 0.25) is 0 Å². The summed E-state index contributed by atoms with van der Waals surface area (Å²) in [6.07, 6.45) is -22.4. The van der Waals surface area contributed by atoms with E-state index in [0.29, 0.717) is 0 Å². The summed E-state index contributed by atoms with van der Waals surface area (Å²) in [4.78, 5) is 0. The first-order valence-electron chi connectivity index (χ1n) is 49.5. The predicted molar refractivity (Wildman–Crippen MR) is 540 cm³/mol. The molecule has 0 bridgehead atoms. The molecule has 4 aliphatic rings. The molecule has 4 saturated heterocycles. The second-order valence-electron chi connectivity index (χ2n) is 36.1. The second-order valence-corrected chi connectivity index (χ2v) is 36.1. The zero-order valence-corrected chi connectivity index (χ0v) is 80.3. The van der Waals surface area contributed by atoms with Gasteiger partial charge >= 0.3 is 0 Å². The van der Waals surface area contributed by atoms with Gasteiger partial charge in [0.1, 0.15) is 97.7 Å². The van der Waals surface area contributed by atoms with E-state index in [9.17, 15) is 0 Å². The van der Waals surface area contributed by atoms with E-state index < -0.39 is 123 Å². The van der Waals surface area contributed by atoms with E-state index in [0.717, 1.165) is 77.9 Å². The molecule has 0 radical (unpaired) electrons. The molecule has 21 nitrogen and oxygen atoms in total. The van der Waals surface area contributed by atoms with Crippen LogP contribution in [0.1, 0.15) is 77.9 Å². The predicted octanol–water partition coefficient (Wildman–Crippen LogP) is 21.4. The van der Waals surface area contributed by atoms with Crippen molar-refractivity contribution in [1.82, 2.24) is 0 Å². The average Bonchev–Trinajstić information content (AvgIpc) is 0.756. The van der Waals surface area contributed by atoms with Crippen molar-refractivity contribution in [3.63, 3.8) is 0 Å². The molecule has 4 fully saturated rings. The van der Waals surface area contributed by atoms with Gasteiger partial charge in [-0.1, -0.05) is 425 Å². The summed E-state index contributed by atoms with van der Waals surface area (Å²) in [6, 6.07) is 140. The maximum absolute atomic E-state index is 8.07. The van der Waals surface area contributed by atoms with Crippen molar-refractivity contribution < 1.29 is 99.5 Å². The van der Waals surface area contributed by atoms with Crippen LogP contribution < -0.4 is 0 Å². The Hall–Kier alpha value is -11.8. The van der Waals surface area contributed by atoms with Crippen LogP contribution >= 0.6 is 0 Å². The van der Waals surface area contributed by atoms with Gasteiger partial charge in [-0.3, -0.25) is 0 Å². The summed E-state index contributed by atoms with van der Waals surface area (Å²) >= 11 is 0. The Labute approximate surface area is 838 Å². The van der Waals surface area contributed by atoms with E-state index in [-0.39, 0.29) is 119 Å². The number of hydrogen-bond acceptors (Lipinski definition) is 21. The number of ether oxygens (including phenoxy) is 21. The van der Waals surface area contributed by atoms with Gasteiger partial charge in [-0.2, -0.15) is 0 Å². The SMILES string of the molecule is c1ccc(COC[C@H]2O[C@H](O[C@H]3[C@H](OCc4ccccc4)[C@@H](OCc4ccccc4)[C@@H](O[C@H]4O[C@H](COCc5ccccc5)[C@@H](O[C@H]5O[C@H](COCc6ccccc6)[C@@H](OCc6ccccc6)[C@H](OCc6ccccc6)[C@H]5OCc5ccccc5)[C@H](OCc5ccccc5)[C@H]4OCc4ccccc4)O[C@@H]3COCc3ccccc3)[C@H](OCc3ccccc3)[C@@H](OCc3ccccc3)[C@@H]2OCc2ccccc2)cc1. The zero-order valence-electron chi connectivity index (χ0n) is 80.3. The lowest BCUT2D eigenvalue weighted by Crippen LogP contribution is -2.68. The van der Waals surface area contributed by atoms with Crippen LogP contribution in [0.4, 0.5) is 0 Å². The first-order valence-corrected chi connectivity index (χ1v) is 49.5. The monoisotopic (exact) mass is 1930 g/mol. The number of rotatable bonds is 52. The molecule has 0 N–H and O–H groups in total. The van der Waals surface area contributed by atoms with Gasteiger partial charge in [0.15, 0.2) is 25.2 Å². The van der Waals surface area contributed by atoms with Gasteiger partial charge in [0.05, 0.1) is 119 Å². The lowest BCUT2D eigenvalue weighted by Gasteiger charge is -2.52. The van der Waals surface area contributed by atoms with Gasteiger partial charge in [-0.25, -0.2) is 0 Å². The van der Waals surface area contributed by atoms with Crippen LogP contribution in [-0.2, 0) is 192 Å². The van der Waals surface area contributed by atoms with E-state index in [4.69, 9.17) is 99.5 Å². The van der Waals surface area contributed by atoms with Crippen molar-refractivity contribution in [2.24, 2.45) is 0 Å². The molecular weight excluding hydrogens is 1800 g/mol. The maximum atomic E-state index is 8.07. The summed E-state index contributed by atoms with van der Waals surface area (Å²) < 4.78 is 158. The standard InChI is InChI=1S/C122H126O21/c1-15-43-89(44-16-1)71-123-85-103-107(127-75-93-51-23-5-24-52-93)111(129-77-95-55-27-7-28-56-95)115(133-81-99-63-35-11-36-64-99)119(137-103)141-109-105(87-125-73-91-47-19-3-20-48-91)139-121(117(135-83-101-67-39-13-40-68-101)113(109)131-79-97-59-31-9-32-60-97)143-122-118(136-84-102-69-41-14-42-70-102)114(132-80-98-61-33-10-34-62-98)110(106(140-122)88-126-74-92-49-21-4-22-50-92)142-120-116(134-82-100-65-37-12-38-66-100)112(130-78-96-57-29-8-30-58-96)108(128-76-94-53-25-6-26-54-94)104(138-120)86-124-72-90-45-17-2-18-46-90/h1-70,103-122H,71-88H2/t103-,104-,105-,106-,107-,108-,109-,110-,111+,112+,113+,114+,115-,116-,117-,118-,119-,120-,121-,122-/m1/s1. The van der Waals surface area contributed by atoms with Gasteiger partial charge in [0.25, 0.3) is 0 Å². The van der Waals surface area contributed by atoms with Crippen molar-refractivity contribution in [1.29, 1.82) is 0 Å². The molecule has 0 spiro atoms. The van der Waals surface area contributed by atoms with E-state index >= 15 is 0 Å².